The molecule has 1 fully saturated rings. The van der Waals surface area contributed by atoms with Crippen LogP contribution in [0.25, 0.3) is 10.9 Å². The standard InChI is InChI=1S/C32H35N5O2/c1-24-21-30(28-16-8-9-17-29(28)34-24)35-32(39)33-18-20-36-19-10-13-26(23-36)31(38)37(27-14-6-3-7-15-27)22-25-11-4-2-5-12-25/h2-9,11-12,14-17,21,26H,10,13,18-20,22-23H2,1H3,(H2,33,34,35,39). The fourth-order valence-corrected chi connectivity index (χ4v) is 5.26. The first kappa shape index (κ1) is 26.4. The molecule has 1 aliphatic rings. The van der Waals surface area contributed by atoms with Gasteiger partial charge >= 0.3 is 6.03 Å². The average Bonchev–Trinajstić information content (AvgIpc) is 2.96. The van der Waals surface area contributed by atoms with Crippen LogP contribution >= 0.6 is 0 Å². The Hall–Kier alpha value is -4.23. The first-order valence-electron chi connectivity index (χ1n) is 13.6. The number of para-hydroxylation sites is 2. The second kappa shape index (κ2) is 12.5. The monoisotopic (exact) mass is 521 g/mol. The number of nitrogens with one attached hydrogen (secondary N) is 2. The van der Waals surface area contributed by atoms with Crippen molar-refractivity contribution >= 4 is 34.2 Å². The zero-order valence-corrected chi connectivity index (χ0v) is 22.3. The Morgan fingerprint density at radius 2 is 1.69 bits per heavy atom. The Balaban J connectivity index is 1.17. The molecular weight excluding hydrogens is 486 g/mol. The number of aryl methyl sites for hydroxylation is 1. The minimum absolute atomic E-state index is 0.0809. The lowest BCUT2D eigenvalue weighted by Gasteiger charge is -2.35. The van der Waals surface area contributed by atoms with Crippen LogP contribution in [0.1, 0.15) is 24.1 Å². The van der Waals surface area contributed by atoms with Crippen LogP contribution in [0, 0.1) is 12.8 Å². The predicted molar refractivity (Wildman–Crippen MR) is 157 cm³/mol. The van der Waals surface area contributed by atoms with Gasteiger partial charge in [0.25, 0.3) is 0 Å². The zero-order chi connectivity index (χ0) is 27.0. The van der Waals surface area contributed by atoms with Crippen molar-refractivity contribution in [2.45, 2.75) is 26.3 Å². The molecule has 3 amide bonds. The van der Waals surface area contributed by atoms with Crippen LogP contribution in [0.15, 0.2) is 91.0 Å². The third kappa shape index (κ3) is 6.81. The van der Waals surface area contributed by atoms with Crippen molar-refractivity contribution in [1.29, 1.82) is 0 Å². The molecule has 0 spiro atoms. The number of benzene rings is 3. The average molecular weight is 522 g/mol. The normalized spacial score (nSPS) is 15.6. The highest BCUT2D eigenvalue weighted by atomic mass is 16.2. The highest BCUT2D eigenvalue weighted by molar-refractivity contribution is 6.00. The number of aromatic nitrogens is 1. The van der Waals surface area contributed by atoms with Crippen molar-refractivity contribution < 1.29 is 9.59 Å². The van der Waals surface area contributed by atoms with Gasteiger partial charge in [-0.15, -0.1) is 0 Å². The van der Waals surface area contributed by atoms with Gasteiger partial charge in [-0.05, 0) is 56.1 Å². The number of fused-ring (bicyclic) bond motifs is 1. The lowest BCUT2D eigenvalue weighted by molar-refractivity contribution is -0.124. The van der Waals surface area contributed by atoms with Crippen LogP contribution in [0.3, 0.4) is 0 Å². The molecule has 39 heavy (non-hydrogen) atoms. The first-order chi connectivity index (χ1) is 19.1. The molecule has 1 aliphatic heterocycles. The van der Waals surface area contributed by atoms with E-state index >= 15 is 0 Å². The van der Waals surface area contributed by atoms with Gasteiger partial charge in [-0.1, -0.05) is 66.7 Å². The van der Waals surface area contributed by atoms with Crippen molar-refractivity contribution in [1.82, 2.24) is 15.2 Å². The molecule has 3 aromatic carbocycles. The molecule has 1 unspecified atom stereocenters. The van der Waals surface area contributed by atoms with E-state index in [-0.39, 0.29) is 17.9 Å². The van der Waals surface area contributed by atoms with Gasteiger partial charge in [-0.25, -0.2) is 4.79 Å². The number of carbonyl (C=O) groups is 2. The van der Waals surface area contributed by atoms with E-state index in [0.717, 1.165) is 52.9 Å². The highest BCUT2D eigenvalue weighted by Crippen LogP contribution is 2.25. The summed E-state index contributed by atoms with van der Waals surface area (Å²) in [4.78, 5) is 35.2. The summed E-state index contributed by atoms with van der Waals surface area (Å²) in [5.74, 6) is 0.0723. The Kier molecular flexibility index (Phi) is 8.48. The van der Waals surface area contributed by atoms with E-state index in [4.69, 9.17) is 0 Å². The number of pyridine rings is 1. The number of anilines is 2. The maximum absolute atomic E-state index is 13.8. The van der Waals surface area contributed by atoms with Crippen LogP contribution in [0.4, 0.5) is 16.2 Å². The van der Waals surface area contributed by atoms with Crippen LogP contribution in [0.2, 0.25) is 0 Å². The molecule has 1 aromatic heterocycles. The quantitative estimate of drug-likeness (QED) is 0.316. The fourth-order valence-electron chi connectivity index (χ4n) is 5.26. The fraction of sp³-hybridized carbons (Fsp3) is 0.281. The maximum atomic E-state index is 13.8. The van der Waals surface area contributed by atoms with Gasteiger partial charge in [-0.3, -0.25) is 9.78 Å². The summed E-state index contributed by atoms with van der Waals surface area (Å²) in [5, 5.41) is 6.87. The van der Waals surface area contributed by atoms with Crippen molar-refractivity contribution in [3.8, 4) is 0 Å². The summed E-state index contributed by atoms with van der Waals surface area (Å²) in [6.45, 7) is 5.27. The Morgan fingerprint density at radius 3 is 2.49 bits per heavy atom. The minimum atomic E-state index is -0.242. The molecule has 200 valence electrons. The molecular formula is C32H35N5O2. The number of urea groups is 1. The van der Waals surface area contributed by atoms with Crippen molar-refractivity contribution in [2.24, 2.45) is 5.92 Å². The number of hydrogen-bond acceptors (Lipinski definition) is 4. The second-order valence-corrected chi connectivity index (χ2v) is 10.1. The van der Waals surface area contributed by atoms with Crippen LogP contribution in [0.5, 0.6) is 0 Å². The third-order valence-electron chi connectivity index (χ3n) is 7.18. The highest BCUT2D eigenvalue weighted by Gasteiger charge is 2.30. The first-order valence-corrected chi connectivity index (χ1v) is 13.6. The van der Waals surface area contributed by atoms with Crippen molar-refractivity contribution in [3.05, 3.63) is 102 Å². The van der Waals surface area contributed by atoms with E-state index in [1.807, 2.05) is 90.7 Å². The summed E-state index contributed by atoms with van der Waals surface area (Å²) >= 11 is 0. The van der Waals surface area contributed by atoms with Gasteiger partial charge in [0.15, 0.2) is 0 Å². The number of hydrogen-bond donors (Lipinski definition) is 2. The molecule has 1 saturated heterocycles. The lowest BCUT2D eigenvalue weighted by atomic mass is 9.96. The molecule has 5 rings (SSSR count). The van der Waals surface area contributed by atoms with E-state index in [1.54, 1.807) is 0 Å². The Labute approximate surface area is 229 Å². The van der Waals surface area contributed by atoms with Gasteiger partial charge in [-0.2, -0.15) is 0 Å². The number of rotatable bonds is 8. The van der Waals surface area contributed by atoms with E-state index in [9.17, 15) is 9.59 Å². The summed E-state index contributed by atoms with van der Waals surface area (Å²) < 4.78 is 0. The number of carbonyl (C=O) groups excluding carboxylic acids is 2. The number of piperidine rings is 1. The van der Waals surface area contributed by atoms with Gasteiger partial charge in [0.1, 0.15) is 0 Å². The molecule has 4 aromatic rings. The van der Waals surface area contributed by atoms with E-state index in [1.165, 1.54) is 0 Å². The molecule has 0 saturated carbocycles. The molecule has 0 bridgehead atoms. The minimum Gasteiger partial charge on any atom is -0.337 e. The van der Waals surface area contributed by atoms with Crippen molar-refractivity contribution in [3.63, 3.8) is 0 Å². The number of amides is 3. The summed E-state index contributed by atoms with van der Waals surface area (Å²) in [6, 6.07) is 29.5. The molecule has 7 nitrogen and oxygen atoms in total. The van der Waals surface area contributed by atoms with Gasteiger partial charge in [0.2, 0.25) is 5.91 Å². The summed E-state index contributed by atoms with van der Waals surface area (Å²) in [7, 11) is 0. The predicted octanol–water partition coefficient (Wildman–Crippen LogP) is 5.61. The Bertz CT molecular complexity index is 1410. The number of likely N-dealkylation sites (tertiary alicyclic amines) is 1. The largest absolute Gasteiger partial charge is 0.337 e. The molecule has 2 N–H and O–H groups in total. The molecule has 0 radical (unpaired) electrons. The molecule has 7 heteroatoms. The molecule has 0 aliphatic carbocycles. The topological polar surface area (TPSA) is 77.6 Å². The van der Waals surface area contributed by atoms with E-state index in [2.05, 4.69) is 32.7 Å². The SMILES string of the molecule is Cc1cc(NC(=O)NCCN2CCCC(C(=O)N(Cc3ccccc3)c3ccccc3)C2)c2ccccc2n1. The van der Waals surface area contributed by atoms with Gasteiger partial charge < -0.3 is 20.4 Å². The third-order valence-corrected chi connectivity index (χ3v) is 7.18. The van der Waals surface area contributed by atoms with Gasteiger partial charge in [0.05, 0.1) is 23.7 Å². The van der Waals surface area contributed by atoms with Crippen LogP contribution < -0.4 is 15.5 Å². The molecule has 1 atom stereocenters. The summed E-state index contributed by atoms with van der Waals surface area (Å²) in [5.41, 5.74) is 4.48. The van der Waals surface area contributed by atoms with E-state index < -0.39 is 0 Å². The zero-order valence-electron chi connectivity index (χ0n) is 22.3. The maximum Gasteiger partial charge on any atom is 0.319 e. The second-order valence-electron chi connectivity index (χ2n) is 10.1. The van der Waals surface area contributed by atoms with Gasteiger partial charge in [0, 0.05) is 36.4 Å². The summed E-state index contributed by atoms with van der Waals surface area (Å²) in [6.07, 6.45) is 1.83. The molecule has 2 heterocycles. The smallest absolute Gasteiger partial charge is 0.319 e. The Morgan fingerprint density at radius 1 is 0.974 bits per heavy atom. The van der Waals surface area contributed by atoms with E-state index in [0.29, 0.717) is 26.2 Å². The van der Waals surface area contributed by atoms with Crippen molar-refractivity contribution in [2.75, 3.05) is 36.4 Å². The van der Waals surface area contributed by atoms with Crippen LogP contribution in [-0.4, -0.2) is 48.0 Å². The lowest BCUT2D eigenvalue weighted by Crippen LogP contribution is -2.47. The number of nitrogens with zero attached hydrogens (tertiary/aromatic N) is 3. The van der Waals surface area contributed by atoms with Crippen LogP contribution in [-0.2, 0) is 11.3 Å².